The van der Waals surface area contributed by atoms with Crippen LogP contribution in [0.1, 0.15) is 30.9 Å². The standard InChI is InChI=1S/C29H30F5N7O3S/c1-11-20(29(32,33)34)16(5-17(35)21(11)30)23-22(31)24-19-26(39-28(38-24)40-6-13(7-40)14-9-45(42,43)10-14)41-8-15-3-4-18(36-15)25(41)12(2)44-27(19)37-23/h5,12-15,18,25,36H,3-4,6-10,35H2,1-2H3/t12-,15+,18-,25+/m0/s1. The van der Waals surface area contributed by atoms with Gasteiger partial charge >= 0.3 is 6.18 Å². The van der Waals surface area contributed by atoms with Gasteiger partial charge in [0.2, 0.25) is 11.8 Å². The van der Waals surface area contributed by atoms with Crippen molar-refractivity contribution in [2.75, 3.05) is 46.7 Å². The average molecular weight is 652 g/mol. The van der Waals surface area contributed by atoms with Gasteiger partial charge in [-0.15, -0.1) is 0 Å². The van der Waals surface area contributed by atoms with Crippen molar-refractivity contribution in [3.8, 4) is 17.1 Å². The molecule has 10 nitrogen and oxygen atoms in total. The van der Waals surface area contributed by atoms with E-state index in [-0.39, 0.29) is 64.2 Å². The largest absolute Gasteiger partial charge is 0.472 e. The highest BCUT2D eigenvalue weighted by atomic mass is 32.2. The molecule has 4 fully saturated rings. The number of hydrogen-bond donors (Lipinski definition) is 2. The number of nitrogen functional groups attached to an aromatic ring is 1. The zero-order valence-corrected chi connectivity index (χ0v) is 25.1. The molecule has 16 heteroatoms. The number of sulfone groups is 1. The van der Waals surface area contributed by atoms with E-state index in [2.05, 4.69) is 20.2 Å². The first-order valence-electron chi connectivity index (χ1n) is 14.9. The molecule has 0 unspecified atom stereocenters. The van der Waals surface area contributed by atoms with Crippen LogP contribution in [-0.2, 0) is 16.0 Å². The number of hydrogen-bond acceptors (Lipinski definition) is 10. The highest BCUT2D eigenvalue weighted by Crippen LogP contribution is 2.48. The van der Waals surface area contributed by atoms with Crippen LogP contribution in [0.3, 0.4) is 0 Å². The van der Waals surface area contributed by atoms with Crippen LogP contribution in [0.25, 0.3) is 22.2 Å². The molecule has 5 aliphatic rings. The fraction of sp³-hybridized carbons (Fsp3) is 0.552. The quantitative estimate of drug-likeness (QED) is 0.321. The maximum Gasteiger partial charge on any atom is 0.417 e. The van der Waals surface area contributed by atoms with Crippen LogP contribution in [0.5, 0.6) is 5.88 Å². The molecular formula is C29H30F5N7O3S. The first-order chi connectivity index (χ1) is 21.2. The number of nitrogens with one attached hydrogen (secondary N) is 1. The van der Waals surface area contributed by atoms with E-state index in [9.17, 15) is 26.0 Å². The summed E-state index contributed by atoms with van der Waals surface area (Å²) in [5, 5.41) is 3.75. The monoisotopic (exact) mass is 651 g/mol. The molecule has 45 heavy (non-hydrogen) atoms. The van der Waals surface area contributed by atoms with E-state index in [1.807, 2.05) is 11.8 Å². The van der Waals surface area contributed by atoms with E-state index in [1.165, 1.54) is 0 Å². The van der Waals surface area contributed by atoms with Crippen molar-refractivity contribution in [2.24, 2.45) is 11.8 Å². The zero-order valence-electron chi connectivity index (χ0n) is 24.3. The summed E-state index contributed by atoms with van der Waals surface area (Å²) in [7, 11) is -3.00. The summed E-state index contributed by atoms with van der Waals surface area (Å²) in [5.41, 5.74) is 1.33. The molecule has 0 amide bonds. The third kappa shape index (κ3) is 4.34. The highest BCUT2D eigenvalue weighted by molar-refractivity contribution is 7.92. The van der Waals surface area contributed by atoms with Gasteiger partial charge in [-0.25, -0.2) is 27.2 Å². The molecule has 0 spiro atoms. The molecule has 1 aromatic carbocycles. The SMILES string of the molecule is Cc1c(F)c(N)cc(-c2nc3c4c(nc(N5CC(C6CS(=O)(=O)C6)C5)nc4c2F)N2C[C@H]4CC[C@H](N4)[C@H]2[C@H](C)O3)c1C(F)(F)F. The predicted molar refractivity (Wildman–Crippen MR) is 156 cm³/mol. The van der Waals surface area contributed by atoms with E-state index < -0.39 is 61.8 Å². The molecule has 3 aromatic rings. The Labute approximate surface area is 255 Å². The maximum absolute atomic E-state index is 16.7. The van der Waals surface area contributed by atoms with E-state index in [0.29, 0.717) is 25.5 Å². The van der Waals surface area contributed by atoms with Gasteiger partial charge in [0.25, 0.3) is 0 Å². The third-order valence-electron chi connectivity index (χ3n) is 10.1. The number of rotatable bonds is 3. The van der Waals surface area contributed by atoms with Crippen LogP contribution in [0, 0.1) is 30.4 Å². The zero-order chi connectivity index (χ0) is 31.7. The highest BCUT2D eigenvalue weighted by Gasteiger charge is 2.49. The normalized spacial score (nSPS) is 27.5. The summed E-state index contributed by atoms with van der Waals surface area (Å²) in [4.78, 5) is 17.7. The van der Waals surface area contributed by atoms with Crippen molar-refractivity contribution in [1.29, 1.82) is 0 Å². The Hall–Kier alpha value is -3.53. The molecule has 2 bridgehead atoms. The van der Waals surface area contributed by atoms with Gasteiger partial charge in [-0.3, -0.25) is 0 Å². The minimum absolute atomic E-state index is 0.0304. The first kappa shape index (κ1) is 28.9. The van der Waals surface area contributed by atoms with Crippen LogP contribution in [0.4, 0.5) is 39.4 Å². The van der Waals surface area contributed by atoms with E-state index in [1.54, 1.807) is 0 Å². The first-order valence-corrected chi connectivity index (χ1v) is 16.7. The summed E-state index contributed by atoms with van der Waals surface area (Å²) in [6.45, 7) is 4.26. The predicted octanol–water partition coefficient (Wildman–Crippen LogP) is 3.45. The van der Waals surface area contributed by atoms with Gasteiger partial charge in [0.1, 0.15) is 34.3 Å². The average Bonchev–Trinajstić information content (AvgIpc) is 3.24. The fourth-order valence-corrected chi connectivity index (χ4v) is 9.59. The van der Waals surface area contributed by atoms with E-state index in [4.69, 9.17) is 15.5 Å². The molecule has 240 valence electrons. The van der Waals surface area contributed by atoms with Crippen molar-refractivity contribution in [3.63, 3.8) is 0 Å². The molecule has 2 aromatic heterocycles. The second-order valence-corrected chi connectivity index (χ2v) is 15.1. The van der Waals surface area contributed by atoms with Gasteiger partial charge in [-0.05, 0) is 50.2 Å². The number of halogens is 5. The van der Waals surface area contributed by atoms with Crippen LogP contribution in [0.2, 0.25) is 0 Å². The molecule has 4 saturated heterocycles. The van der Waals surface area contributed by atoms with Crippen molar-refractivity contribution in [3.05, 3.63) is 28.8 Å². The Bertz CT molecular complexity index is 1870. The van der Waals surface area contributed by atoms with Crippen molar-refractivity contribution < 1.29 is 35.1 Å². The maximum atomic E-state index is 16.7. The van der Waals surface area contributed by atoms with Crippen LogP contribution in [0.15, 0.2) is 6.07 Å². The molecule has 7 heterocycles. The number of nitrogens with two attached hydrogens (primary N) is 1. The topological polar surface area (TPSA) is 127 Å². The van der Waals surface area contributed by atoms with Crippen LogP contribution in [-0.4, -0.2) is 78.7 Å². The lowest BCUT2D eigenvalue weighted by atomic mass is 9.88. The number of fused-ring (bicyclic) bond motifs is 5. The van der Waals surface area contributed by atoms with Gasteiger partial charge in [-0.2, -0.15) is 18.2 Å². The van der Waals surface area contributed by atoms with Crippen LogP contribution >= 0.6 is 0 Å². The van der Waals surface area contributed by atoms with Crippen LogP contribution < -0.4 is 25.6 Å². The lowest BCUT2D eigenvalue weighted by molar-refractivity contribution is -0.137. The minimum Gasteiger partial charge on any atom is -0.472 e. The molecule has 8 rings (SSSR count). The summed E-state index contributed by atoms with van der Waals surface area (Å²) in [6.07, 6.45) is -3.74. The molecular weight excluding hydrogens is 621 g/mol. The molecule has 0 radical (unpaired) electrons. The molecule has 0 aliphatic carbocycles. The van der Waals surface area contributed by atoms with Gasteiger partial charge in [-0.1, -0.05) is 0 Å². The van der Waals surface area contributed by atoms with Gasteiger partial charge in [0.05, 0.1) is 28.8 Å². The van der Waals surface area contributed by atoms with Gasteiger partial charge in [0, 0.05) is 37.3 Å². The smallest absolute Gasteiger partial charge is 0.417 e. The number of piperazine rings is 1. The number of ether oxygens (including phenoxy) is 1. The number of benzene rings is 1. The number of aromatic nitrogens is 3. The van der Waals surface area contributed by atoms with Gasteiger partial charge < -0.3 is 25.6 Å². The fourth-order valence-electron chi connectivity index (χ4n) is 7.84. The van der Waals surface area contributed by atoms with Crippen molar-refractivity contribution >= 4 is 38.2 Å². The second kappa shape index (κ2) is 9.50. The number of alkyl halides is 3. The number of pyridine rings is 1. The lowest BCUT2D eigenvalue weighted by Gasteiger charge is -2.46. The summed E-state index contributed by atoms with van der Waals surface area (Å²) >= 11 is 0. The Morgan fingerprint density at radius 3 is 2.47 bits per heavy atom. The summed E-state index contributed by atoms with van der Waals surface area (Å²) in [6, 6.07) is 0.723. The Morgan fingerprint density at radius 2 is 1.78 bits per heavy atom. The lowest BCUT2D eigenvalue weighted by Crippen LogP contribution is -2.62. The van der Waals surface area contributed by atoms with Crippen molar-refractivity contribution in [2.45, 2.75) is 57.1 Å². The Kier molecular flexibility index (Phi) is 6.10. The number of anilines is 3. The Morgan fingerprint density at radius 1 is 1.04 bits per heavy atom. The molecule has 0 saturated carbocycles. The Balaban J connectivity index is 1.32. The minimum atomic E-state index is -5.05. The molecule has 4 atom stereocenters. The molecule has 5 aliphatic heterocycles. The van der Waals surface area contributed by atoms with E-state index >= 15 is 4.39 Å². The van der Waals surface area contributed by atoms with Gasteiger partial charge in [0.15, 0.2) is 15.7 Å². The molecule has 3 N–H and O–H groups in total. The summed E-state index contributed by atoms with van der Waals surface area (Å²) < 4.78 is 104. The summed E-state index contributed by atoms with van der Waals surface area (Å²) in [5.74, 6) is -1.53. The van der Waals surface area contributed by atoms with Crippen molar-refractivity contribution in [1.82, 2.24) is 20.3 Å². The second-order valence-electron chi connectivity index (χ2n) is 13.0. The number of nitrogens with zero attached hydrogens (tertiary/aromatic N) is 5. The van der Waals surface area contributed by atoms with E-state index in [0.717, 1.165) is 25.8 Å². The third-order valence-corrected chi connectivity index (χ3v) is 12.0.